The fourth-order valence-electron chi connectivity index (χ4n) is 3.51. The Balaban J connectivity index is 1.66. The molecule has 2 aromatic rings. The molecule has 7 heteroatoms. The minimum absolute atomic E-state index is 0.0877. The number of likely N-dealkylation sites (tertiary alicyclic amines) is 1. The Morgan fingerprint density at radius 2 is 1.86 bits per heavy atom. The third-order valence-electron chi connectivity index (χ3n) is 5.09. The fraction of sp³-hybridized carbons (Fsp3) is 0.500. The molecular weight excluding hydrogens is 370 g/mol. The van der Waals surface area contributed by atoms with Gasteiger partial charge >= 0.3 is 0 Å². The highest BCUT2D eigenvalue weighted by Gasteiger charge is 2.27. The summed E-state index contributed by atoms with van der Waals surface area (Å²) in [4.78, 5) is 23.3. The van der Waals surface area contributed by atoms with E-state index in [0.717, 1.165) is 24.2 Å². The van der Waals surface area contributed by atoms with E-state index in [1.807, 2.05) is 17.2 Å². The largest absolute Gasteiger partial charge is 0.496 e. The van der Waals surface area contributed by atoms with Gasteiger partial charge in [0.1, 0.15) is 11.4 Å². The molecule has 0 saturated carbocycles. The SMILES string of the molecule is COc1cc(C(=O)N2CCC(c3cnccc3OC)CC2)ncc1OCC(C)C. The standard InChI is InChI=1S/C22H29N3O4/c1-15(2)14-29-21-13-24-18(11-20(21)28-4)22(26)25-9-6-16(7-10-25)17-12-23-8-5-19(17)27-3/h5,8,11-13,15-16H,6-7,9-10,14H2,1-4H3. The van der Waals surface area contributed by atoms with Crippen molar-refractivity contribution in [2.24, 2.45) is 5.92 Å². The third kappa shape index (κ3) is 4.96. The van der Waals surface area contributed by atoms with Gasteiger partial charge in [0.25, 0.3) is 5.91 Å². The number of methoxy groups -OCH3 is 2. The molecule has 0 radical (unpaired) electrons. The minimum atomic E-state index is -0.0877. The second kappa shape index (κ2) is 9.58. The van der Waals surface area contributed by atoms with Crippen LogP contribution in [0.25, 0.3) is 0 Å². The van der Waals surface area contributed by atoms with Crippen LogP contribution in [0.15, 0.2) is 30.7 Å². The maximum atomic E-state index is 12.9. The van der Waals surface area contributed by atoms with Gasteiger partial charge in [0.05, 0.1) is 27.0 Å². The fourth-order valence-corrected chi connectivity index (χ4v) is 3.51. The molecule has 1 aliphatic heterocycles. The molecule has 0 aromatic carbocycles. The van der Waals surface area contributed by atoms with Gasteiger partial charge in [-0.1, -0.05) is 13.8 Å². The van der Waals surface area contributed by atoms with Crippen LogP contribution >= 0.6 is 0 Å². The summed E-state index contributed by atoms with van der Waals surface area (Å²) < 4.78 is 16.6. The van der Waals surface area contributed by atoms with Crippen LogP contribution in [0.5, 0.6) is 17.2 Å². The molecule has 3 heterocycles. The number of ether oxygens (including phenoxy) is 3. The zero-order chi connectivity index (χ0) is 20.8. The normalized spacial score (nSPS) is 14.7. The molecule has 0 aliphatic carbocycles. The zero-order valence-electron chi connectivity index (χ0n) is 17.6. The Labute approximate surface area is 172 Å². The van der Waals surface area contributed by atoms with Crippen molar-refractivity contribution in [2.75, 3.05) is 33.9 Å². The summed E-state index contributed by atoms with van der Waals surface area (Å²) in [6.07, 6.45) is 6.89. The summed E-state index contributed by atoms with van der Waals surface area (Å²) in [6, 6.07) is 3.54. The molecule has 3 rings (SSSR count). The van der Waals surface area contributed by atoms with Gasteiger partial charge in [-0.25, -0.2) is 4.98 Å². The molecule has 29 heavy (non-hydrogen) atoms. The van der Waals surface area contributed by atoms with E-state index in [-0.39, 0.29) is 5.91 Å². The van der Waals surface area contributed by atoms with Gasteiger partial charge in [0.15, 0.2) is 11.5 Å². The number of nitrogens with zero attached hydrogens (tertiary/aromatic N) is 3. The van der Waals surface area contributed by atoms with Crippen LogP contribution in [0.4, 0.5) is 0 Å². The number of pyridine rings is 2. The number of amides is 1. The van der Waals surface area contributed by atoms with E-state index >= 15 is 0 Å². The summed E-state index contributed by atoms with van der Waals surface area (Å²) in [5.74, 6) is 2.57. The van der Waals surface area contributed by atoms with Gasteiger partial charge in [-0.3, -0.25) is 9.78 Å². The molecule has 1 aliphatic rings. The van der Waals surface area contributed by atoms with Crippen molar-refractivity contribution in [1.29, 1.82) is 0 Å². The number of carbonyl (C=O) groups is 1. The zero-order valence-corrected chi connectivity index (χ0v) is 17.6. The van der Waals surface area contributed by atoms with E-state index in [4.69, 9.17) is 14.2 Å². The molecule has 1 saturated heterocycles. The van der Waals surface area contributed by atoms with Crippen LogP contribution in [0.1, 0.15) is 48.7 Å². The molecule has 0 spiro atoms. The highest BCUT2D eigenvalue weighted by atomic mass is 16.5. The number of hydrogen-bond donors (Lipinski definition) is 0. The van der Waals surface area contributed by atoms with Crippen molar-refractivity contribution >= 4 is 5.91 Å². The van der Waals surface area contributed by atoms with Gasteiger partial charge in [-0.2, -0.15) is 0 Å². The molecule has 156 valence electrons. The van der Waals surface area contributed by atoms with E-state index in [0.29, 0.717) is 48.7 Å². The highest BCUT2D eigenvalue weighted by Crippen LogP contribution is 2.34. The summed E-state index contributed by atoms with van der Waals surface area (Å²) in [5.41, 5.74) is 1.48. The monoisotopic (exact) mass is 399 g/mol. The molecule has 2 aromatic heterocycles. The quantitative estimate of drug-likeness (QED) is 0.709. The second-order valence-corrected chi connectivity index (χ2v) is 7.61. The molecule has 7 nitrogen and oxygen atoms in total. The number of aromatic nitrogens is 2. The Morgan fingerprint density at radius 3 is 2.52 bits per heavy atom. The van der Waals surface area contributed by atoms with Crippen LogP contribution in [-0.2, 0) is 0 Å². The molecule has 0 unspecified atom stereocenters. The van der Waals surface area contributed by atoms with Crippen molar-refractivity contribution in [3.05, 3.63) is 42.0 Å². The van der Waals surface area contributed by atoms with Crippen LogP contribution < -0.4 is 14.2 Å². The van der Waals surface area contributed by atoms with Crippen LogP contribution in [0.2, 0.25) is 0 Å². The van der Waals surface area contributed by atoms with Gasteiger partial charge in [0.2, 0.25) is 0 Å². The second-order valence-electron chi connectivity index (χ2n) is 7.61. The topological polar surface area (TPSA) is 73.8 Å². The highest BCUT2D eigenvalue weighted by molar-refractivity contribution is 5.93. The average Bonchev–Trinajstić information content (AvgIpc) is 2.77. The van der Waals surface area contributed by atoms with Crippen molar-refractivity contribution in [3.63, 3.8) is 0 Å². The summed E-state index contributed by atoms with van der Waals surface area (Å²) in [6.45, 7) is 6.04. The predicted molar refractivity (Wildman–Crippen MR) is 110 cm³/mol. The van der Waals surface area contributed by atoms with Crippen molar-refractivity contribution < 1.29 is 19.0 Å². The van der Waals surface area contributed by atoms with E-state index in [9.17, 15) is 4.79 Å². The predicted octanol–water partition coefficient (Wildman–Crippen LogP) is 3.55. The first-order chi connectivity index (χ1) is 14.0. The molecule has 0 bridgehead atoms. The average molecular weight is 399 g/mol. The van der Waals surface area contributed by atoms with Crippen LogP contribution in [0.3, 0.4) is 0 Å². The third-order valence-corrected chi connectivity index (χ3v) is 5.09. The Kier molecular flexibility index (Phi) is 6.90. The first-order valence-electron chi connectivity index (χ1n) is 9.97. The lowest BCUT2D eigenvalue weighted by atomic mass is 9.89. The molecule has 0 N–H and O–H groups in total. The Bertz CT molecular complexity index is 833. The van der Waals surface area contributed by atoms with Gasteiger partial charge in [-0.15, -0.1) is 0 Å². The lowest BCUT2D eigenvalue weighted by Gasteiger charge is -2.32. The van der Waals surface area contributed by atoms with Crippen LogP contribution in [-0.4, -0.2) is 54.7 Å². The molecule has 0 atom stereocenters. The lowest BCUT2D eigenvalue weighted by molar-refractivity contribution is 0.0706. The molecule has 1 amide bonds. The van der Waals surface area contributed by atoms with E-state index in [2.05, 4.69) is 23.8 Å². The summed E-state index contributed by atoms with van der Waals surface area (Å²) >= 11 is 0. The number of rotatable bonds is 7. The number of piperidine rings is 1. The van der Waals surface area contributed by atoms with E-state index < -0.39 is 0 Å². The lowest BCUT2D eigenvalue weighted by Crippen LogP contribution is -2.38. The van der Waals surface area contributed by atoms with Crippen molar-refractivity contribution in [3.8, 4) is 17.2 Å². The first kappa shape index (κ1) is 20.9. The minimum Gasteiger partial charge on any atom is -0.496 e. The van der Waals surface area contributed by atoms with E-state index in [1.165, 1.54) is 0 Å². The summed E-state index contributed by atoms with van der Waals surface area (Å²) in [5, 5.41) is 0. The Hall–Kier alpha value is -2.83. The smallest absolute Gasteiger partial charge is 0.272 e. The summed E-state index contributed by atoms with van der Waals surface area (Å²) in [7, 11) is 3.24. The maximum Gasteiger partial charge on any atom is 0.272 e. The van der Waals surface area contributed by atoms with Gasteiger partial charge in [0, 0.05) is 37.1 Å². The maximum absolute atomic E-state index is 12.9. The number of carbonyl (C=O) groups excluding carboxylic acids is 1. The number of hydrogen-bond acceptors (Lipinski definition) is 6. The van der Waals surface area contributed by atoms with Crippen molar-refractivity contribution in [1.82, 2.24) is 14.9 Å². The van der Waals surface area contributed by atoms with E-state index in [1.54, 1.807) is 32.7 Å². The first-order valence-corrected chi connectivity index (χ1v) is 9.97. The van der Waals surface area contributed by atoms with Crippen LogP contribution in [0, 0.1) is 5.92 Å². The molecular formula is C22H29N3O4. The van der Waals surface area contributed by atoms with Gasteiger partial charge < -0.3 is 19.1 Å². The Morgan fingerprint density at radius 1 is 1.14 bits per heavy atom. The van der Waals surface area contributed by atoms with Gasteiger partial charge in [-0.05, 0) is 30.7 Å². The van der Waals surface area contributed by atoms with Crippen molar-refractivity contribution in [2.45, 2.75) is 32.6 Å². The molecule has 1 fully saturated rings.